The van der Waals surface area contributed by atoms with Gasteiger partial charge in [0.2, 0.25) is 0 Å². The van der Waals surface area contributed by atoms with Crippen LogP contribution < -0.4 is 10.6 Å². The second-order valence-corrected chi connectivity index (χ2v) is 2.64. The van der Waals surface area contributed by atoms with E-state index in [1.807, 2.05) is 14.1 Å². The molecule has 0 aromatic heterocycles. The van der Waals surface area contributed by atoms with Crippen LogP contribution in [0.25, 0.3) is 10.4 Å². The van der Waals surface area contributed by atoms with E-state index in [1.165, 1.54) is 0 Å². The molecule has 0 amide bonds. The van der Waals surface area contributed by atoms with Crippen molar-refractivity contribution in [1.82, 2.24) is 10.6 Å². The van der Waals surface area contributed by atoms with Crippen LogP contribution in [-0.4, -0.2) is 33.2 Å². The maximum Gasteiger partial charge on any atom is 0.0411 e. The molecule has 0 heterocycles. The van der Waals surface area contributed by atoms with Crippen molar-refractivity contribution in [2.75, 3.05) is 27.2 Å². The largest absolute Gasteiger partial charge is 0.320 e. The highest BCUT2D eigenvalue weighted by Gasteiger charge is 2.02. The van der Waals surface area contributed by atoms with Crippen LogP contribution in [0.5, 0.6) is 0 Å². The van der Waals surface area contributed by atoms with Crippen molar-refractivity contribution in [3.63, 3.8) is 0 Å². The molecule has 0 aliphatic rings. The molecule has 0 aromatic rings. The van der Waals surface area contributed by atoms with Gasteiger partial charge in [-0.1, -0.05) is 5.11 Å². The molecule has 0 saturated carbocycles. The Labute approximate surface area is 73.2 Å². The number of hydrogen-bond acceptors (Lipinski definition) is 3. The third kappa shape index (κ3) is 5.97. The Kier molecular flexibility index (Phi) is 7.79. The lowest BCUT2D eigenvalue weighted by Gasteiger charge is -2.12. The topological polar surface area (TPSA) is 72.8 Å². The predicted octanol–water partition coefficient (Wildman–Crippen LogP) is 0.884. The normalized spacial score (nSPS) is 12.2. The summed E-state index contributed by atoms with van der Waals surface area (Å²) in [5.41, 5.74) is 8.10. The Bertz CT molecular complexity index is 141. The Morgan fingerprint density at radius 1 is 1.50 bits per heavy atom. The Balaban J connectivity index is 3.45. The summed E-state index contributed by atoms with van der Waals surface area (Å²) >= 11 is 0. The van der Waals surface area contributed by atoms with Crippen LogP contribution in [0, 0.1) is 0 Å². The summed E-state index contributed by atoms with van der Waals surface area (Å²) in [7, 11) is 3.82. The molecule has 70 valence electrons. The maximum atomic E-state index is 8.10. The minimum absolute atomic E-state index is 0.314. The van der Waals surface area contributed by atoms with Gasteiger partial charge in [0.05, 0.1) is 0 Å². The van der Waals surface area contributed by atoms with E-state index in [-0.39, 0.29) is 0 Å². The summed E-state index contributed by atoms with van der Waals surface area (Å²) in [4.78, 5) is 2.72. The quantitative estimate of drug-likeness (QED) is 0.258. The fourth-order valence-electron chi connectivity index (χ4n) is 0.987. The zero-order valence-corrected chi connectivity index (χ0v) is 7.75. The van der Waals surface area contributed by atoms with Gasteiger partial charge < -0.3 is 10.6 Å². The van der Waals surface area contributed by atoms with Crippen LogP contribution in [0.4, 0.5) is 0 Å². The van der Waals surface area contributed by atoms with E-state index in [9.17, 15) is 0 Å². The van der Waals surface area contributed by atoms with Crippen molar-refractivity contribution in [2.45, 2.75) is 18.9 Å². The van der Waals surface area contributed by atoms with E-state index >= 15 is 0 Å². The molecule has 0 radical (unpaired) electrons. The maximum absolute atomic E-state index is 8.10. The summed E-state index contributed by atoms with van der Waals surface area (Å²) in [6.45, 7) is 1.55. The van der Waals surface area contributed by atoms with Gasteiger partial charge in [0.25, 0.3) is 0 Å². The lowest BCUT2D eigenvalue weighted by Crippen LogP contribution is -2.28. The molecule has 0 spiro atoms. The van der Waals surface area contributed by atoms with E-state index < -0.39 is 0 Å². The fraction of sp³-hybridized carbons (Fsp3) is 1.00. The van der Waals surface area contributed by atoms with Crippen molar-refractivity contribution < 1.29 is 0 Å². The molecule has 0 saturated heterocycles. The van der Waals surface area contributed by atoms with Gasteiger partial charge >= 0.3 is 0 Å². The molecule has 12 heavy (non-hydrogen) atoms. The van der Waals surface area contributed by atoms with Crippen molar-refractivity contribution in [3.05, 3.63) is 10.4 Å². The second-order valence-electron chi connectivity index (χ2n) is 2.64. The number of nitrogens with one attached hydrogen (secondary N) is 2. The van der Waals surface area contributed by atoms with Gasteiger partial charge in [0.1, 0.15) is 0 Å². The zero-order chi connectivity index (χ0) is 9.23. The van der Waals surface area contributed by atoms with Gasteiger partial charge in [-0.25, -0.2) is 0 Å². The predicted molar refractivity (Wildman–Crippen MR) is 50.0 cm³/mol. The van der Waals surface area contributed by atoms with Crippen LogP contribution in [0.15, 0.2) is 5.11 Å². The first-order valence-corrected chi connectivity index (χ1v) is 4.17. The monoisotopic (exact) mass is 171 g/mol. The third-order valence-electron chi connectivity index (χ3n) is 1.75. The van der Waals surface area contributed by atoms with E-state index in [2.05, 4.69) is 20.7 Å². The van der Waals surface area contributed by atoms with Crippen molar-refractivity contribution in [3.8, 4) is 0 Å². The van der Waals surface area contributed by atoms with Crippen molar-refractivity contribution in [1.29, 1.82) is 0 Å². The molecule has 0 aromatic carbocycles. The molecular weight excluding hydrogens is 154 g/mol. The summed E-state index contributed by atoms with van der Waals surface area (Å²) in [5, 5.41) is 9.69. The molecular formula is C7H17N5. The molecule has 1 atom stereocenters. The van der Waals surface area contributed by atoms with Gasteiger partial charge in [-0.2, -0.15) is 0 Å². The minimum Gasteiger partial charge on any atom is -0.320 e. The molecule has 2 N–H and O–H groups in total. The molecule has 0 fully saturated rings. The van der Waals surface area contributed by atoms with Crippen LogP contribution in [0.2, 0.25) is 0 Å². The van der Waals surface area contributed by atoms with Crippen LogP contribution in [0.1, 0.15) is 12.8 Å². The highest BCUT2D eigenvalue weighted by atomic mass is 15.1. The van der Waals surface area contributed by atoms with Crippen LogP contribution in [-0.2, 0) is 0 Å². The Morgan fingerprint density at radius 3 is 2.75 bits per heavy atom. The average molecular weight is 171 g/mol. The van der Waals surface area contributed by atoms with E-state index in [0.29, 0.717) is 12.6 Å². The third-order valence-corrected chi connectivity index (χ3v) is 1.75. The standard InChI is InChI=1S/C7H17N5/c1-9-5-3-4-7(10-2)6-11-12-8/h7,9-10H,3-6H2,1-2H3/t7-/m0/s1. The van der Waals surface area contributed by atoms with Crippen molar-refractivity contribution >= 4 is 0 Å². The van der Waals surface area contributed by atoms with Gasteiger partial charge in [-0.3, -0.25) is 0 Å². The van der Waals surface area contributed by atoms with Gasteiger partial charge in [-0.15, -0.1) is 0 Å². The molecule has 5 nitrogen and oxygen atoms in total. The minimum atomic E-state index is 0.314. The highest BCUT2D eigenvalue weighted by Crippen LogP contribution is 1.96. The Morgan fingerprint density at radius 2 is 2.25 bits per heavy atom. The summed E-state index contributed by atoms with van der Waals surface area (Å²) in [6, 6.07) is 0.314. The lowest BCUT2D eigenvalue weighted by atomic mass is 10.1. The number of nitrogens with zero attached hydrogens (tertiary/aromatic N) is 3. The molecule has 5 heteroatoms. The first-order chi connectivity index (χ1) is 5.85. The molecule has 0 rings (SSSR count). The summed E-state index contributed by atoms with van der Waals surface area (Å²) in [6.07, 6.45) is 2.14. The van der Waals surface area contributed by atoms with Gasteiger partial charge in [-0.05, 0) is 39.0 Å². The Hall–Kier alpha value is -0.770. The van der Waals surface area contributed by atoms with Crippen LogP contribution in [0.3, 0.4) is 0 Å². The molecule has 0 unspecified atom stereocenters. The van der Waals surface area contributed by atoms with E-state index in [4.69, 9.17) is 5.53 Å². The molecule has 0 aliphatic heterocycles. The van der Waals surface area contributed by atoms with Gasteiger partial charge in [0.15, 0.2) is 0 Å². The molecule has 0 bridgehead atoms. The zero-order valence-electron chi connectivity index (χ0n) is 7.75. The smallest absolute Gasteiger partial charge is 0.0411 e. The van der Waals surface area contributed by atoms with Crippen LogP contribution >= 0.6 is 0 Å². The summed E-state index contributed by atoms with van der Waals surface area (Å²) < 4.78 is 0. The van der Waals surface area contributed by atoms with E-state index in [1.54, 1.807) is 0 Å². The van der Waals surface area contributed by atoms with Crippen molar-refractivity contribution in [2.24, 2.45) is 5.11 Å². The fourth-order valence-corrected chi connectivity index (χ4v) is 0.987. The molecule has 0 aliphatic carbocycles. The number of rotatable bonds is 7. The first-order valence-electron chi connectivity index (χ1n) is 4.17. The average Bonchev–Trinajstić information content (AvgIpc) is 2.11. The number of azide groups is 1. The second kappa shape index (κ2) is 8.33. The van der Waals surface area contributed by atoms with Gasteiger partial charge in [0, 0.05) is 17.5 Å². The number of hydrogen-bond donors (Lipinski definition) is 2. The number of likely N-dealkylation sites (N-methyl/N-ethyl adjacent to an activating group) is 1. The SMILES string of the molecule is CNCCC[C@@H](CN=[N+]=[N-])NC. The first kappa shape index (κ1) is 11.2. The highest BCUT2D eigenvalue weighted by molar-refractivity contribution is 4.67. The van der Waals surface area contributed by atoms with E-state index in [0.717, 1.165) is 19.4 Å². The summed E-state index contributed by atoms with van der Waals surface area (Å²) in [5.74, 6) is 0. The lowest BCUT2D eigenvalue weighted by molar-refractivity contribution is 0.505.